The highest BCUT2D eigenvalue weighted by Crippen LogP contribution is 2.23. The van der Waals surface area contributed by atoms with E-state index in [1.54, 1.807) is 30.5 Å². The molecule has 3 aromatic carbocycles. The Kier molecular flexibility index (Phi) is 6.88. The Bertz CT molecular complexity index is 1490. The van der Waals surface area contributed by atoms with Gasteiger partial charge in [-0.05, 0) is 37.6 Å². The van der Waals surface area contributed by atoms with Crippen molar-refractivity contribution < 1.29 is 19.1 Å². The fraction of sp³-hybridized carbons (Fsp3) is 0.172. The van der Waals surface area contributed by atoms with Crippen molar-refractivity contribution in [3.05, 3.63) is 106 Å². The molecule has 0 N–H and O–H groups in total. The van der Waals surface area contributed by atoms with Crippen LogP contribution in [0, 0.1) is 25.2 Å². The van der Waals surface area contributed by atoms with E-state index < -0.39 is 12.6 Å². The first kappa shape index (κ1) is 23.7. The van der Waals surface area contributed by atoms with Crippen LogP contribution in [0.25, 0.3) is 10.9 Å². The third-order valence-electron chi connectivity index (χ3n) is 5.92. The highest BCUT2D eigenvalue weighted by Gasteiger charge is 2.22. The number of carbonyl (C=O) groups excluding carboxylic acids is 3. The molecule has 0 saturated carbocycles. The Balaban J connectivity index is 1.55. The summed E-state index contributed by atoms with van der Waals surface area (Å²) in [5, 5.41) is 9.65. The number of carbonyl (C=O) groups is 3. The first-order chi connectivity index (χ1) is 16.9. The van der Waals surface area contributed by atoms with Crippen molar-refractivity contribution in [3.8, 4) is 6.07 Å². The van der Waals surface area contributed by atoms with Gasteiger partial charge in [-0.15, -0.1) is 0 Å². The van der Waals surface area contributed by atoms with Gasteiger partial charge in [-0.2, -0.15) is 5.26 Å². The number of Topliss-reactive ketones (excluding diaryl/α,β-unsaturated/α-hetero) is 1. The molecular weight excluding hydrogens is 440 g/mol. The van der Waals surface area contributed by atoms with Gasteiger partial charge in [0, 0.05) is 40.3 Å². The maximum Gasteiger partial charge on any atom is 0.339 e. The number of nitrogens with zero attached hydrogens (tertiary/aromatic N) is 2. The number of hydrogen-bond acceptors (Lipinski definition) is 5. The minimum Gasteiger partial charge on any atom is -0.454 e. The van der Waals surface area contributed by atoms with Crippen molar-refractivity contribution in [2.75, 3.05) is 6.61 Å². The molecule has 4 aromatic rings. The van der Waals surface area contributed by atoms with Gasteiger partial charge >= 0.3 is 5.97 Å². The Morgan fingerprint density at radius 3 is 2.37 bits per heavy atom. The number of aryl methyl sites for hydroxylation is 3. The normalized spacial score (nSPS) is 10.7. The van der Waals surface area contributed by atoms with Crippen LogP contribution in [-0.4, -0.2) is 28.7 Å². The third kappa shape index (κ3) is 4.90. The second-order valence-corrected chi connectivity index (χ2v) is 8.35. The van der Waals surface area contributed by atoms with Crippen LogP contribution in [0.2, 0.25) is 0 Å². The summed E-state index contributed by atoms with van der Waals surface area (Å²) in [7, 11) is 0. The number of benzene rings is 3. The molecule has 0 amide bonds. The van der Waals surface area contributed by atoms with E-state index in [2.05, 4.69) is 6.07 Å². The van der Waals surface area contributed by atoms with Gasteiger partial charge < -0.3 is 9.30 Å². The molecule has 0 saturated heterocycles. The zero-order valence-corrected chi connectivity index (χ0v) is 19.6. The monoisotopic (exact) mass is 464 g/mol. The van der Waals surface area contributed by atoms with Crippen LogP contribution in [0.15, 0.2) is 72.9 Å². The predicted octanol–water partition coefficient (Wildman–Crippen LogP) is 5.44. The molecule has 35 heavy (non-hydrogen) atoms. The summed E-state index contributed by atoms with van der Waals surface area (Å²) in [6.07, 6.45) is 2.00. The highest BCUT2D eigenvalue weighted by molar-refractivity contribution is 6.15. The van der Waals surface area contributed by atoms with Crippen LogP contribution in [0.3, 0.4) is 0 Å². The van der Waals surface area contributed by atoms with Crippen molar-refractivity contribution in [1.29, 1.82) is 5.26 Å². The van der Waals surface area contributed by atoms with E-state index >= 15 is 0 Å². The standard InChI is InChI=1S/C29H24N2O4/c1-19-12-13-20(2)24(16-19)28(33)22-9-3-4-10-23(22)29(34)35-18-27(32)25-17-31(15-7-14-30)26-11-6-5-8-21(25)26/h3-6,8-13,16-17H,7,15,18H2,1-2H3. The first-order valence-electron chi connectivity index (χ1n) is 11.3. The molecule has 0 bridgehead atoms. The average Bonchev–Trinajstić information content (AvgIpc) is 3.25. The fourth-order valence-electron chi connectivity index (χ4n) is 4.10. The van der Waals surface area contributed by atoms with E-state index in [0.717, 1.165) is 22.0 Å². The molecule has 0 spiro atoms. The van der Waals surface area contributed by atoms with Crippen molar-refractivity contribution in [2.45, 2.75) is 26.8 Å². The van der Waals surface area contributed by atoms with E-state index in [-0.39, 0.29) is 22.7 Å². The number of ketones is 2. The van der Waals surface area contributed by atoms with E-state index in [1.807, 2.05) is 54.8 Å². The van der Waals surface area contributed by atoms with E-state index in [0.29, 0.717) is 24.1 Å². The maximum atomic E-state index is 13.2. The van der Waals surface area contributed by atoms with Crippen LogP contribution in [0.4, 0.5) is 0 Å². The Morgan fingerprint density at radius 1 is 0.886 bits per heavy atom. The zero-order valence-electron chi connectivity index (χ0n) is 19.6. The molecule has 0 atom stereocenters. The lowest BCUT2D eigenvalue weighted by atomic mass is 9.94. The number of aromatic nitrogens is 1. The molecule has 6 heteroatoms. The number of fused-ring (bicyclic) bond motifs is 1. The van der Waals surface area contributed by atoms with Crippen LogP contribution in [-0.2, 0) is 11.3 Å². The Labute approximate surface area is 203 Å². The number of nitriles is 1. The lowest BCUT2D eigenvalue weighted by molar-refractivity contribution is 0.0473. The lowest BCUT2D eigenvalue weighted by Crippen LogP contribution is -2.17. The van der Waals surface area contributed by atoms with Gasteiger partial charge in [0.15, 0.2) is 12.4 Å². The number of rotatable bonds is 8. The van der Waals surface area contributed by atoms with Crippen molar-refractivity contribution >= 4 is 28.4 Å². The van der Waals surface area contributed by atoms with Gasteiger partial charge in [-0.25, -0.2) is 4.79 Å². The fourth-order valence-corrected chi connectivity index (χ4v) is 4.10. The first-order valence-corrected chi connectivity index (χ1v) is 11.3. The zero-order chi connectivity index (χ0) is 24.9. The van der Waals surface area contributed by atoms with Gasteiger partial charge in [0.25, 0.3) is 0 Å². The molecule has 0 unspecified atom stereocenters. The number of para-hydroxylation sites is 1. The molecule has 0 fully saturated rings. The predicted molar refractivity (Wildman–Crippen MR) is 133 cm³/mol. The van der Waals surface area contributed by atoms with Crippen LogP contribution >= 0.6 is 0 Å². The van der Waals surface area contributed by atoms with Gasteiger partial charge in [0.05, 0.1) is 18.1 Å². The number of esters is 1. The minimum absolute atomic E-state index is 0.114. The molecule has 6 nitrogen and oxygen atoms in total. The van der Waals surface area contributed by atoms with Gasteiger partial charge in [-0.3, -0.25) is 9.59 Å². The summed E-state index contributed by atoms with van der Waals surface area (Å²) in [5.41, 5.74) is 3.87. The molecule has 1 heterocycles. The highest BCUT2D eigenvalue weighted by atomic mass is 16.5. The van der Waals surface area contributed by atoms with Gasteiger partial charge in [-0.1, -0.05) is 54.1 Å². The molecule has 4 rings (SSSR count). The molecule has 0 aliphatic rings. The quantitative estimate of drug-likeness (QED) is 0.256. The van der Waals surface area contributed by atoms with Gasteiger partial charge in [0.2, 0.25) is 5.78 Å². The summed E-state index contributed by atoms with van der Waals surface area (Å²) >= 11 is 0. The third-order valence-corrected chi connectivity index (χ3v) is 5.92. The molecular formula is C29H24N2O4. The smallest absolute Gasteiger partial charge is 0.339 e. The summed E-state index contributed by atoms with van der Waals surface area (Å²) < 4.78 is 7.21. The maximum absolute atomic E-state index is 13.2. The van der Waals surface area contributed by atoms with E-state index in [1.165, 1.54) is 6.07 Å². The Morgan fingerprint density at radius 2 is 1.60 bits per heavy atom. The van der Waals surface area contributed by atoms with E-state index in [4.69, 9.17) is 10.00 Å². The molecule has 0 aliphatic heterocycles. The summed E-state index contributed by atoms with van der Waals surface area (Å²) in [5.74, 6) is -1.37. The van der Waals surface area contributed by atoms with Crippen LogP contribution in [0.1, 0.15) is 54.2 Å². The molecule has 174 valence electrons. The van der Waals surface area contributed by atoms with Crippen molar-refractivity contribution in [2.24, 2.45) is 0 Å². The minimum atomic E-state index is -0.735. The summed E-state index contributed by atoms with van der Waals surface area (Å²) in [6, 6.07) is 21.6. The lowest BCUT2D eigenvalue weighted by Gasteiger charge is -2.11. The van der Waals surface area contributed by atoms with Crippen molar-refractivity contribution in [1.82, 2.24) is 4.57 Å². The largest absolute Gasteiger partial charge is 0.454 e. The SMILES string of the molecule is Cc1ccc(C)c(C(=O)c2ccccc2C(=O)OCC(=O)c2cn(CCC#N)c3ccccc23)c1. The average molecular weight is 465 g/mol. The van der Waals surface area contributed by atoms with Crippen molar-refractivity contribution in [3.63, 3.8) is 0 Å². The molecule has 0 aliphatic carbocycles. The molecule has 0 radical (unpaired) electrons. The Hall–Kier alpha value is -4.50. The number of ether oxygens (including phenoxy) is 1. The van der Waals surface area contributed by atoms with E-state index in [9.17, 15) is 14.4 Å². The number of hydrogen-bond donors (Lipinski definition) is 0. The summed E-state index contributed by atoms with van der Waals surface area (Å²) in [6.45, 7) is 3.74. The second-order valence-electron chi connectivity index (χ2n) is 8.35. The summed E-state index contributed by atoms with van der Waals surface area (Å²) in [4.78, 5) is 39.2. The second kappa shape index (κ2) is 10.2. The topological polar surface area (TPSA) is 89.2 Å². The molecule has 1 aromatic heterocycles. The van der Waals surface area contributed by atoms with Crippen LogP contribution < -0.4 is 0 Å². The van der Waals surface area contributed by atoms with Crippen LogP contribution in [0.5, 0.6) is 0 Å². The van der Waals surface area contributed by atoms with Gasteiger partial charge in [0.1, 0.15) is 0 Å².